The smallest absolute Gasteiger partial charge is 0.287 e. The molecule has 0 unspecified atom stereocenters. The molecule has 0 radical (unpaired) electrons. The van der Waals surface area contributed by atoms with Crippen molar-refractivity contribution >= 4 is 40.0 Å². The van der Waals surface area contributed by atoms with Crippen molar-refractivity contribution in [2.24, 2.45) is 0 Å². The first-order valence-corrected chi connectivity index (χ1v) is 9.15. The Morgan fingerprint density at radius 1 is 1.27 bits per heavy atom. The van der Waals surface area contributed by atoms with E-state index in [-0.39, 0.29) is 5.91 Å². The van der Waals surface area contributed by atoms with Gasteiger partial charge in [0.1, 0.15) is 5.58 Å². The van der Waals surface area contributed by atoms with E-state index in [1.54, 1.807) is 11.3 Å². The van der Waals surface area contributed by atoms with Gasteiger partial charge >= 0.3 is 0 Å². The molecular formula is C17H17NO2S2. The van der Waals surface area contributed by atoms with Gasteiger partial charge in [-0.25, -0.2) is 0 Å². The van der Waals surface area contributed by atoms with Crippen LogP contribution in [0.3, 0.4) is 0 Å². The molecule has 114 valence electrons. The molecule has 3 aromatic rings. The molecule has 0 atom stereocenters. The van der Waals surface area contributed by atoms with Gasteiger partial charge in [-0.2, -0.15) is 11.8 Å². The van der Waals surface area contributed by atoms with Crippen molar-refractivity contribution in [2.45, 2.75) is 12.7 Å². The maximum absolute atomic E-state index is 12.2. The summed E-state index contributed by atoms with van der Waals surface area (Å²) in [7, 11) is 0. The van der Waals surface area contributed by atoms with Crippen molar-refractivity contribution < 1.29 is 9.21 Å². The minimum atomic E-state index is -0.134. The Kier molecular flexibility index (Phi) is 4.85. The second kappa shape index (κ2) is 7.03. The molecule has 3 rings (SSSR count). The van der Waals surface area contributed by atoms with Gasteiger partial charge < -0.3 is 9.73 Å². The number of carbonyl (C=O) groups is 1. The normalized spacial score (nSPS) is 11.0. The van der Waals surface area contributed by atoms with Crippen LogP contribution in [0.25, 0.3) is 11.0 Å². The predicted molar refractivity (Wildman–Crippen MR) is 93.8 cm³/mol. The lowest BCUT2D eigenvalue weighted by atomic mass is 10.1. The highest BCUT2D eigenvalue weighted by molar-refractivity contribution is 7.98. The molecular weight excluding hydrogens is 314 g/mol. The molecule has 3 nitrogen and oxygen atoms in total. The molecule has 2 aromatic heterocycles. The van der Waals surface area contributed by atoms with E-state index in [0.717, 1.165) is 28.0 Å². The van der Waals surface area contributed by atoms with E-state index in [1.807, 2.05) is 43.0 Å². The molecule has 0 aliphatic rings. The number of thioether (sulfide) groups is 1. The Labute approximate surface area is 137 Å². The van der Waals surface area contributed by atoms with Gasteiger partial charge in [0.15, 0.2) is 5.76 Å². The van der Waals surface area contributed by atoms with Crippen LogP contribution in [0.4, 0.5) is 0 Å². The summed E-state index contributed by atoms with van der Waals surface area (Å²) in [6.07, 6.45) is 0. The molecule has 1 aromatic carbocycles. The number of benzene rings is 1. The molecule has 0 bridgehead atoms. The van der Waals surface area contributed by atoms with Gasteiger partial charge in [-0.15, -0.1) is 11.3 Å². The minimum Gasteiger partial charge on any atom is -0.451 e. The number of hydrogen-bond donors (Lipinski definition) is 1. The third-order valence-corrected chi connectivity index (χ3v) is 5.47. The van der Waals surface area contributed by atoms with Gasteiger partial charge in [-0.05, 0) is 24.4 Å². The number of nitrogens with one attached hydrogen (secondary N) is 1. The van der Waals surface area contributed by atoms with Crippen molar-refractivity contribution in [3.63, 3.8) is 0 Å². The average molecular weight is 331 g/mol. The summed E-state index contributed by atoms with van der Waals surface area (Å²) in [4.78, 5) is 13.6. The Morgan fingerprint density at radius 2 is 2.14 bits per heavy atom. The summed E-state index contributed by atoms with van der Waals surface area (Å²) < 4.78 is 5.66. The number of amides is 1. The quantitative estimate of drug-likeness (QED) is 0.678. The third kappa shape index (κ3) is 3.36. The summed E-state index contributed by atoms with van der Waals surface area (Å²) in [6.45, 7) is 2.57. The van der Waals surface area contributed by atoms with Gasteiger partial charge in [-0.1, -0.05) is 24.3 Å². The molecule has 2 heterocycles. The van der Waals surface area contributed by atoms with Crippen molar-refractivity contribution in [1.82, 2.24) is 5.32 Å². The fourth-order valence-corrected chi connectivity index (χ4v) is 3.97. The van der Waals surface area contributed by atoms with Crippen LogP contribution in [-0.2, 0) is 5.75 Å². The first-order valence-electron chi connectivity index (χ1n) is 7.12. The monoisotopic (exact) mass is 331 g/mol. The second-order valence-electron chi connectivity index (χ2n) is 4.94. The van der Waals surface area contributed by atoms with Crippen LogP contribution in [0.2, 0.25) is 0 Å². The number of aryl methyl sites for hydroxylation is 1. The molecule has 0 saturated carbocycles. The zero-order chi connectivity index (χ0) is 15.4. The highest BCUT2D eigenvalue weighted by Gasteiger charge is 2.16. The highest BCUT2D eigenvalue weighted by atomic mass is 32.2. The lowest BCUT2D eigenvalue weighted by molar-refractivity contribution is 0.0930. The molecule has 1 N–H and O–H groups in total. The predicted octanol–water partition coefficient (Wildman–Crippen LogP) is 4.47. The average Bonchev–Trinajstić information content (AvgIpc) is 3.15. The van der Waals surface area contributed by atoms with E-state index in [2.05, 4.69) is 22.8 Å². The number of thiophene rings is 1. The van der Waals surface area contributed by atoms with E-state index in [0.29, 0.717) is 12.3 Å². The van der Waals surface area contributed by atoms with Gasteiger partial charge in [0.05, 0.1) is 0 Å². The SMILES string of the molecule is Cc1c(C(=O)NCCSCc2cccs2)oc2ccccc12. The van der Waals surface area contributed by atoms with Crippen LogP contribution < -0.4 is 5.32 Å². The largest absolute Gasteiger partial charge is 0.451 e. The van der Waals surface area contributed by atoms with Crippen molar-refractivity contribution in [3.8, 4) is 0 Å². The summed E-state index contributed by atoms with van der Waals surface area (Å²) in [6, 6.07) is 11.9. The highest BCUT2D eigenvalue weighted by Crippen LogP contribution is 2.24. The van der Waals surface area contributed by atoms with Crippen LogP contribution in [0.15, 0.2) is 46.2 Å². The number of para-hydroxylation sites is 1. The zero-order valence-electron chi connectivity index (χ0n) is 12.3. The number of carbonyl (C=O) groups excluding carboxylic acids is 1. The molecule has 0 aliphatic carbocycles. The van der Waals surface area contributed by atoms with Gasteiger partial charge in [0, 0.05) is 33.9 Å². The molecule has 0 saturated heterocycles. The van der Waals surface area contributed by atoms with Crippen LogP contribution in [-0.4, -0.2) is 18.2 Å². The number of furan rings is 1. The number of rotatable bonds is 6. The summed E-state index contributed by atoms with van der Waals surface area (Å²) in [5, 5.41) is 6.02. The van der Waals surface area contributed by atoms with E-state index < -0.39 is 0 Å². The molecule has 0 spiro atoms. The second-order valence-corrected chi connectivity index (χ2v) is 7.08. The van der Waals surface area contributed by atoms with Crippen LogP contribution >= 0.6 is 23.1 Å². The molecule has 22 heavy (non-hydrogen) atoms. The minimum absolute atomic E-state index is 0.134. The Morgan fingerprint density at radius 3 is 2.91 bits per heavy atom. The lowest BCUT2D eigenvalue weighted by Gasteiger charge is -2.03. The van der Waals surface area contributed by atoms with E-state index in [1.165, 1.54) is 4.88 Å². The molecule has 1 amide bonds. The number of fused-ring (bicyclic) bond motifs is 1. The Hall–Kier alpha value is -1.72. The van der Waals surface area contributed by atoms with Crippen molar-refractivity contribution in [1.29, 1.82) is 0 Å². The van der Waals surface area contributed by atoms with Gasteiger partial charge in [-0.3, -0.25) is 4.79 Å². The summed E-state index contributed by atoms with van der Waals surface area (Å²) >= 11 is 3.59. The van der Waals surface area contributed by atoms with Crippen LogP contribution in [0.5, 0.6) is 0 Å². The standard InChI is InChI=1S/C17H17NO2S2/c1-12-14-6-2-3-7-15(14)20-16(12)17(19)18-8-10-21-11-13-5-4-9-22-13/h2-7,9H,8,10-11H2,1H3,(H,18,19). The summed E-state index contributed by atoms with van der Waals surface area (Å²) in [5.74, 6) is 2.18. The maximum Gasteiger partial charge on any atom is 0.287 e. The topological polar surface area (TPSA) is 42.2 Å². The lowest BCUT2D eigenvalue weighted by Crippen LogP contribution is -2.25. The molecule has 5 heteroatoms. The van der Waals surface area contributed by atoms with E-state index in [4.69, 9.17) is 4.42 Å². The van der Waals surface area contributed by atoms with E-state index in [9.17, 15) is 4.79 Å². The number of hydrogen-bond acceptors (Lipinski definition) is 4. The first-order chi connectivity index (χ1) is 10.8. The fourth-order valence-electron chi connectivity index (χ4n) is 2.28. The molecule has 0 fully saturated rings. The fraction of sp³-hybridized carbons (Fsp3) is 0.235. The maximum atomic E-state index is 12.2. The van der Waals surface area contributed by atoms with E-state index >= 15 is 0 Å². The van der Waals surface area contributed by atoms with Crippen LogP contribution in [0.1, 0.15) is 21.0 Å². The van der Waals surface area contributed by atoms with Gasteiger partial charge in [0.25, 0.3) is 5.91 Å². The Bertz CT molecular complexity index is 762. The van der Waals surface area contributed by atoms with Crippen molar-refractivity contribution in [2.75, 3.05) is 12.3 Å². The zero-order valence-corrected chi connectivity index (χ0v) is 13.9. The summed E-state index contributed by atoms with van der Waals surface area (Å²) in [5.41, 5.74) is 1.66. The van der Waals surface area contributed by atoms with Crippen molar-refractivity contribution in [3.05, 3.63) is 58.0 Å². The van der Waals surface area contributed by atoms with Crippen LogP contribution in [0, 0.1) is 6.92 Å². The van der Waals surface area contributed by atoms with Gasteiger partial charge in [0.2, 0.25) is 0 Å². The third-order valence-electron chi connectivity index (χ3n) is 3.41. The Balaban J connectivity index is 1.52. The first kappa shape index (κ1) is 15.2. The molecule has 0 aliphatic heterocycles.